The van der Waals surface area contributed by atoms with E-state index in [1.54, 1.807) is 0 Å². The minimum atomic E-state index is -3.00. The summed E-state index contributed by atoms with van der Waals surface area (Å²) in [5.74, 6) is 1.16. The summed E-state index contributed by atoms with van der Waals surface area (Å²) in [6.07, 6.45) is 5.59. The van der Waals surface area contributed by atoms with E-state index in [2.05, 4.69) is 4.72 Å². The topological polar surface area (TPSA) is 46.2 Å². The lowest BCUT2D eigenvalue weighted by Gasteiger charge is -2.17. The Hall–Kier alpha value is -0.0900. The van der Waals surface area contributed by atoms with Gasteiger partial charge in [0, 0.05) is 0 Å². The molecule has 0 bridgehead atoms. The predicted octanol–water partition coefficient (Wildman–Crippen LogP) is 1.11. The van der Waals surface area contributed by atoms with Crippen LogP contribution in [0.15, 0.2) is 0 Å². The average Bonchev–Trinajstić information content (AvgIpc) is 2.62. The Morgan fingerprint density at radius 1 is 1.15 bits per heavy atom. The molecule has 0 aromatic rings. The maximum Gasteiger partial charge on any atom is 0.214 e. The standard InChI is InChI=1S/C9H17NO2S/c1-10-13(11,12)9-6-5-7-3-2-4-8(7)9/h7-10H,2-6H2,1H3. The monoisotopic (exact) mass is 203 g/mol. The Morgan fingerprint density at radius 3 is 2.62 bits per heavy atom. The van der Waals surface area contributed by atoms with Gasteiger partial charge in [-0.1, -0.05) is 12.8 Å². The first kappa shape index (κ1) is 9.46. The van der Waals surface area contributed by atoms with Crippen molar-refractivity contribution in [3.63, 3.8) is 0 Å². The Labute approximate surface area is 80.0 Å². The molecular weight excluding hydrogens is 186 g/mol. The van der Waals surface area contributed by atoms with Crippen molar-refractivity contribution in [3.05, 3.63) is 0 Å². The highest BCUT2D eigenvalue weighted by molar-refractivity contribution is 7.90. The third kappa shape index (κ3) is 1.50. The maximum absolute atomic E-state index is 11.6. The van der Waals surface area contributed by atoms with Crippen LogP contribution in [0.2, 0.25) is 0 Å². The molecular formula is C9H17NO2S. The summed E-state index contributed by atoms with van der Waals surface area (Å²) < 4.78 is 25.7. The van der Waals surface area contributed by atoms with E-state index >= 15 is 0 Å². The summed E-state index contributed by atoms with van der Waals surface area (Å²) in [4.78, 5) is 0. The lowest BCUT2D eigenvalue weighted by Crippen LogP contribution is -2.34. The van der Waals surface area contributed by atoms with Crippen LogP contribution >= 0.6 is 0 Å². The molecule has 0 spiro atoms. The summed E-state index contributed by atoms with van der Waals surface area (Å²) in [5.41, 5.74) is 0. The molecule has 3 unspecified atom stereocenters. The molecule has 0 aliphatic heterocycles. The van der Waals surface area contributed by atoms with Gasteiger partial charge in [0.1, 0.15) is 0 Å². The van der Waals surface area contributed by atoms with Crippen molar-refractivity contribution in [1.82, 2.24) is 4.72 Å². The molecule has 1 N–H and O–H groups in total. The molecule has 0 aromatic heterocycles. The van der Waals surface area contributed by atoms with E-state index in [0.29, 0.717) is 11.8 Å². The van der Waals surface area contributed by atoms with E-state index in [-0.39, 0.29) is 5.25 Å². The van der Waals surface area contributed by atoms with Crippen LogP contribution in [0.3, 0.4) is 0 Å². The number of fused-ring (bicyclic) bond motifs is 1. The van der Waals surface area contributed by atoms with E-state index in [1.165, 1.54) is 19.9 Å². The van der Waals surface area contributed by atoms with Crippen LogP contribution in [-0.4, -0.2) is 20.7 Å². The van der Waals surface area contributed by atoms with Gasteiger partial charge in [-0.15, -0.1) is 0 Å². The lowest BCUT2D eigenvalue weighted by molar-refractivity contribution is 0.449. The second-order valence-corrected chi connectivity index (χ2v) is 6.32. The highest BCUT2D eigenvalue weighted by Gasteiger charge is 2.44. The largest absolute Gasteiger partial charge is 0.218 e. The molecule has 4 heteroatoms. The number of hydrogen-bond donors (Lipinski definition) is 1. The summed E-state index contributed by atoms with van der Waals surface area (Å²) in [7, 11) is -1.48. The molecule has 2 aliphatic carbocycles. The van der Waals surface area contributed by atoms with Gasteiger partial charge in [-0.05, 0) is 38.1 Å². The first-order valence-electron chi connectivity index (χ1n) is 5.07. The van der Waals surface area contributed by atoms with Crippen LogP contribution in [0.1, 0.15) is 32.1 Å². The molecule has 2 saturated carbocycles. The van der Waals surface area contributed by atoms with Crippen molar-refractivity contribution >= 4 is 10.0 Å². The van der Waals surface area contributed by atoms with Gasteiger partial charge in [0.25, 0.3) is 0 Å². The number of nitrogens with one attached hydrogen (secondary N) is 1. The van der Waals surface area contributed by atoms with Crippen molar-refractivity contribution in [3.8, 4) is 0 Å². The minimum Gasteiger partial charge on any atom is -0.218 e. The molecule has 0 amide bonds. The average molecular weight is 203 g/mol. The summed E-state index contributed by atoms with van der Waals surface area (Å²) in [6.45, 7) is 0. The fraction of sp³-hybridized carbons (Fsp3) is 1.00. The Bertz CT molecular complexity index is 286. The second-order valence-electron chi connectivity index (χ2n) is 4.22. The molecule has 3 atom stereocenters. The van der Waals surface area contributed by atoms with E-state index in [9.17, 15) is 8.42 Å². The molecule has 0 saturated heterocycles. The SMILES string of the molecule is CNS(=O)(=O)C1CCC2CCCC21. The van der Waals surface area contributed by atoms with Gasteiger partial charge < -0.3 is 0 Å². The third-order valence-electron chi connectivity index (χ3n) is 3.70. The van der Waals surface area contributed by atoms with Crippen LogP contribution in [0.4, 0.5) is 0 Å². The van der Waals surface area contributed by atoms with Crippen molar-refractivity contribution in [2.24, 2.45) is 11.8 Å². The zero-order valence-corrected chi connectivity index (χ0v) is 8.81. The van der Waals surface area contributed by atoms with Crippen LogP contribution in [0, 0.1) is 11.8 Å². The highest BCUT2D eigenvalue weighted by Crippen LogP contribution is 2.46. The summed E-state index contributed by atoms with van der Waals surface area (Å²) in [5, 5.41) is -0.0926. The minimum absolute atomic E-state index is 0.0926. The quantitative estimate of drug-likeness (QED) is 0.731. The van der Waals surface area contributed by atoms with E-state index in [1.807, 2.05) is 0 Å². The molecule has 0 radical (unpaired) electrons. The molecule has 3 nitrogen and oxygen atoms in total. The predicted molar refractivity (Wildman–Crippen MR) is 51.8 cm³/mol. The van der Waals surface area contributed by atoms with Crippen molar-refractivity contribution in [2.75, 3.05) is 7.05 Å². The van der Waals surface area contributed by atoms with Crippen LogP contribution in [-0.2, 0) is 10.0 Å². The van der Waals surface area contributed by atoms with E-state index in [0.717, 1.165) is 19.3 Å². The van der Waals surface area contributed by atoms with Crippen molar-refractivity contribution in [2.45, 2.75) is 37.4 Å². The second kappa shape index (κ2) is 3.24. The number of rotatable bonds is 2. The number of hydrogen-bond acceptors (Lipinski definition) is 2. The molecule has 76 valence electrons. The zero-order valence-electron chi connectivity index (χ0n) is 7.99. The Balaban J connectivity index is 2.18. The Morgan fingerprint density at radius 2 is 1.92 bits per heavy atom. The van der Waals surface area contributed by atoms with Crippen molar-refractivity contribution < 1.29 is 8.42 Å². The van der Waals surface area contributed by atoms with Crippen LogP contribution < -0.4 is 4.72 Å². The fourth-order valence-electron chi connectivity index (χ4n) is 3.04. The van der Waals surface area contributed by atoms with Gasteiger partial charge in [-0.25, -0.2) is 13.1 Å². The molecule has 0 aromatic carbocycles. The van der Waals surface area contributed by atoms with Gasteiger partial charge >= 0.3 is 0 Å². The summed E-state index contributed by atoms with van der Waals surface area (Å²) >= 11 is 0. The molecule has 2 fully saturated rings. The number of sulfonamides is 1. The van der Waals surface area contributed by atoms with E-state index in [4.69, 9.17) is 0 Å². The third-order valence-corrected chi connectivity index (χ3v) is 5.65. The first-order chi connectivity index (χ1) is 6.15. The molecule has 2 aliphatic rings. The Kier molecular flexibility index (Phi) is 2.36. The van der Waals surface area contributed by atoms with Gasteiger partial charge in [-0.3, -0.25) is 0 Å². The normalized spacial score (nSPS) is 39.3. The first-order valence-corrected chi connectivity index (χ1v) is 6.62. The molecule has 2 rings (SSSR count). The van der Waals surface area contributed by atoms with Gasteiger partial charge in [0.05, 0.1) is 5.25 Å². The van der Waals surface area contributed by atoms with Crippen LogP contribution in [0.5, 0.6) is 0 Å². The summed E-state index contributed by atoms with van der Waals surface area (Å²) in [6, 6.07) is 0. The van der Waals surface area contributed by atoms with Gasteiger partial charge in [0.2, 0.25) is 10.0 Å². The van der Waals surface area contributed by atoms with Gasteiger partial charge in [-0.2, -0.15) is 0 Å². The van der Waals surface area contributed by atoms with Gasteiger partial charge in [0.15, 0.2) is 0 Å². The van der Waals surface area contributed by atoms with Crippen LogP contribution in [0.25, 0.3) is 0 Å². The van der Waals surface area contributed by atoms with E-state index < -0.39 is 10.0 Å². The zero-order chi connectivity index (χ0) is 9.47. The molecule has 13 heavy (non-hydrogen) atoms. The highest BCUT2D eigenvalue weighted by atomic mass is 32.2. The fourth-order valence-corrected chi connectivity index (χ4v) is 4.61. The smallest absolute Gasteiger partial charge is 0.214 e. The molecule has 0 heterocycles. The van der Waals surface area contributed by atoms with Crippen molar-refractivity contribution in [1.29, 1.82) is 0 Å². The maximum atomic E-state index is 11.6. The lowest BCUT2D eigenvalue weighted by atomic mass is 10.0.